The summed E-state index contributed by atoms with van der Waals surface area (Å²) in [7, 11) is 1.75. The van der Waals surface area contributed by atoms with E-state index in [1.54, 1.807) is 7.11 Å². The average Bonchev–Trinajstić information content (AvgIpc) is 2.00. The van der Waals surface area contributed by atoms with Gasteiger partial charge < -0.3 is 10.1 Å². The molecule has 1 N–H and O–H groups in total. The van der Waals surface area contributed by atoms with E-state index in [1.165, 1.54) is 0 Å². The van der Waals surface area contributed by atoms with E-state index in [4.69, 9.17) is 4.74 Å². The van der Waals surface area contributed by atoms with Gasteiger partial charge in [-0.2, -0.15) is 0 Å². The van der Waals surface area contributed by atoms with Gasteiger partial charge in [-0.1, -0.05) is 6.08 Å². The predicted octanol–water partition coefficient (Wildman–Crippen LogP) is 1.97. The van der Waals surface area contributed by atoms with E-state index in [1.807, 2.05) is 6.08 Å². The van der Waals surface area contributed by atoms with Gasteiger partial charge in [-0.15, -0.1) is 6.58 Å². The van der Waals surface area contributed by atoms with Crippen molar-refractivity contribution in [1.82, 2.24) is 5.32 Å². The molecule has 0 radical (unpaired) electrons. The molecule has 72 valence electrons. The molecule has 0 saturated carbocycles. The molecule has 2 heteroatoms. The van der Waals surface area contributed by atoms with Gasteiger partial charge in [-0.25, -0.2) is 0 Å². The second-order valence-electron chi connectivity index (χ2n) is 3.77. The van der Waals surface area contributed by atoms with Crippen molar-refractivity contribution in [3.05, 3.63) is 12.7 Å². The Morgan fingerprint density at radius 2 is 2.17 bits per heavy atom. The van der Waals surface area contributed by atoms with E-state index in [9.17, 15) is 0 Å². The highest BCUT2D eigenvalue weighted by molar-refractivity contribution is 4.78. The van der Waals surface area contributed by atoms with Gasteiger partial charge in [0, 0.05) is 19.7 Å². The van der Waals surface area contributed by atoms with E-state index in [-0.39, 0.29) is 5.60 Å². The maximum absolute atomic E-state index is 5.32. The molecule has 0 aliphatic carbocycles. The Labute approximate surface area is 76.0 Å². The molecule has 0 bridgehead atoms. The Morgan fingerprint density at radius 3 is 2.58 bits per heavy atom. The minimum atomic E-state index is -0.0341. The smallest absolute Gasteiger partial charge is 0.0637 e. The zero-order valence-electron chi connectivity index (χ0n) is 8.68. The van der Waals surface area contributed by atoms with E-state index in [2.05, 4.69) is 32.7 Å². The molecule has 0 heterocycles. The van der Waals surface area contributed by atoms with Gasteiger partial charge in [0.1, 0.15) is 0 Å². The normalized spacial score (nSPS) is 14.3. The number of ether oxygens (including phenoxy) is 1. The lowest BCUT2D eigenvalue weighted by Crippen LogP contribution is -2.35. The fourth-order valence-electron chi connectivity index (χ4n) is 1.18. The summed E-state index contributed by atoms with van der Waals surface area (Å²) in [5.41, 5.74) is -0.0341. The molecule has 0 aromatic rings. The topological polar surface area (TPSA) is 21.3 Å². The van der Waals surface area contributed by atoms with Crippen molar-refractivity contribution < 1.29 is 4.74 Å². The van der Waals surface area contributed by atoms with Crippen molar-refractivity contribution in [2.24, 2.45) is 0 Å². The van der Waals surface area contributed by atoms with Crippen molar-refractivity contribution in [2.75, 3.05) is 13.7 Å². The van der Waals surface area contributed by atoms with E-state index >= 15 is 0 Å². The highest BCUT2D eigenvalue weighted by Gasteiger charge is 2.19. The Hall–Kier alpha value is -0.340. The van der Waals surface area contributed by atoms with Crippen LogP contribution in [0.2, 0.25) is 0 Å². The zero-order valence-corrected chi connectivity index (χ0v) is 8.68. The van der Waals surface area contributed by atoms with Crippen molar-refractivity contribution >= 4 is 0 Å². The molecule has 0 aromatic heterocycles. The van der Waals surface area contributed by atoms with Crippen LogP contribution in [-0.4, -0.2) is 25.3 Å². The van der Waals surface area contributed by atoms with Gasteiger partial charge in [-0.05, 0) is 27.2 Å². The van der Waals surface area contributed by atoms with Crippen LogP contribution < -0.4 is 5.32 Å². The Balaban J connectivity index is 3.67. The van der Waals surface area contributed by atoms with Crippen LogP contribution in [0.25, 0.3) is 0 Å². The van der Waals surface area contributed by atoms with Gasteiger partial charge in [0.05, 0.1) is 5.60 Å². The first-order valence-electron chi connectivity index (χ1n) is 4.41. The van der Waals surface area contributed by atoms with E-state index in [0.717, 1.165) is 13.0 Å². The summed E-state index contributed by atoms with van der Waals surface area (Å²) in [6.07, 6.45) is 2.88. The summed E-state index contributed by atoms with van der Waals surface area (Å²) in [6.45, 7) is 10.9. The molecule has 12 heavy (non-hydrogen) atoms. The van der Waals surface area contributed by atoms with E-state index in [0.29, 0.717) is 6.04 Å². The third kappa shape index (κ3) is 5.33. The summed E-state index contributed by atoms with van der Waals surface area (Å²) in [5.74, 6) is 0. The Morgan fingerprint density at radius 1 is 1.58 bits per heavy atom. The lowest BCUT2D eigenvalue weighted by molar-refractivity contribution is 0.00886. The lowest BCUT2D eigenvalue weighted by Gasteiger charge is -2.26. The fourth-order valence-corrected chi connectivity index (χ4v) is 1.18. The van der Waals surface area contributed by atoms with Crippen LogP contribution in [-0.2, 0) is 4.74 Å². The molecular weight excluding hydrogens is 150 g/mol. The minimum absolute atomic E-state index is 0.0341. The summed E-state index contributed by atoms with van der Waals surface area (Å²) in [6, 6.07) is 0.470. The maximum Gasteiger partial charge on any atom is 0.0637 e. The standard InChI is InChI=1S/C10H21NO/c1-6-7-11-9(2)8-10(3,4)12-5/h6,9,11H,1,7-8H2,2-5H3. The van der Waals surface area contributed by atoms with Crippen LogP contribution in [0.5, 0.6) is 0 Å². The Kier molecular flexibility index (Phi) is 5.18. The second-order valence-corrected chi connectivity index (χ2v) is 3.77. The van der Waals surface area contributed by atoms with Gasteiger partial charge in [0.25, 0.3) is 0 Å². The molecule has 0 spiro atoms. The highest BCUT2D eigenvalue weighted by atomic mass is 16.5. The predicted molar refractivity (Wildman–Crippen MR) is 53.4 cm³/mol. The van der Waals surface area contributed by atoms with Crippen molar-refractivity contribution in [3.8, 4) is 0 Å². The molecule has 0 fully saturated rings. The monoisotopic (exact) mass is 171 g/mol. The molecular formula is C10H21NO. The van der Waals surface area contributed by atoms with Crippen molar-refractivity contribution in [2.45, 2.75) is 38.8 Å². The largest absolute Gasteiger partial charge is 0.379 e. The molecule has 1 unspecified atom stereocenters. The van der Waals surface area contributed by atoms with Crippen molar-refractivity contribution in [3.63, 3.8) is 0 Å². The maximum atomic E-state index is 5.32. The van der Waals surface area contributed by atoms with Crippen LogP contribution in [0.4, 0.5) is 0 Å². The summed E-state index contributed by atoms with van der Waals surface area (Å²) < 4.78 is 5.32. The first-order chi connectivity index (χ1) is 5.52. The van der Waals surface area contributed by atoms with Gasteiger partial charge in [-0.3, -0.25) is 0 Å². The first kappa shape index (κ1) is 11.7. The number of nitrogens with one attached hydrogen (secondary N) is 1. The summed E-state index contributed by atoms with van der Waals surface area (Å²) in [4.78, 5) is 0. The van der Waals surface area contributed by atoms with Crippen LogP contribution in [0.3, 0.4) is 0 Å². The molecule has 0 aromatic carbocycles. The minimum Gasteiger partial charge on any atom is -0.379 e. The molecule has 2 nitrogen and oxygen atoms in total. The molecule has 0 saturated heterocycles. The van der Waals surface area contributed by atoms with Gasteiger partial charge in [0.15, 0.2) is 0 Å². The van der Waals surface area contributed by atoms with Crippen LogP contribution in [0, 0.1) is 0 Å². The quantitative estimate of drug-likeness (QED) is 0.617. The summed E-state index contributed by atoms with van der Waals surface area (Å²) >= 11 is 0. The number of hydrogen-bond acceptors (Lipinski definition) is 2. The molecule has 1 atom stereocenters. The van der Waals surface area contributed by atoms with Crippen LogP contribution >= 0.6 is 0 Å². The molecule has 0 aliphatic rings. The number of methoxy groups -OCH3 is 1. The van der Waals surface area contributed by atoms with Crippen LogP contribution in [0.15, 0.2) is 12.7 Å². The summed E-state index contributed by atoms with van der Waals surface area (Å²) in [5, 5.41) is 3.32. The third-order valence-electron chi connectivity index (χ3n) is 1.96. The molecule has 0 amide bonds. The lowest BCUT2D eigenvalue weighted by atomic mass is 10.00. The second kappa shape index (κ2) is 5.33. The van der Waals surface area contributed by atoms with Gasteiger partial charge in [0.2, 0.25) is 0 Å². The third-order valence-corrected chi connectivity index (χ3v) is 1.96. The number of hydrogen-bond donors (Lipinski definition) is 1. The molecule has 0 aliphatic heterocycles. The molecule has 0 rings (SSSR count). The SMILES string of the molecule is C=CCNC(C)CC(C)(C)OC. The Bertz CT molecular complexity index is 132. The number of rotatable bonds is 6. The van der Waals surface area contributed by atoms with Crippen LogP contribution in [0.1, 0.15) is 27.2 Å². The fraction of sp³-hybridized carbons (Fsp3) is 0.800. The van der Waals surface area contributed by atoms with E-state index < -0.39 is 0 Å². The first-order valence-corrected chi connectivity index (χ1v) is 4.41. The average molecular weight is 171 g/mol. The highest BCUT2D eigenvalue weighted by Crippen LogP contribution is 2.14. The zero-order chi connectivity index (χ0) is 9.61. The van der Waals surface area contributed by atoms with Crippen molar-refractivity contribution in [1.29, 1.82) is 0 Å². The van der Waals surface area contributed by atoms with Gasteiger partial charge >= 0.3 is 0 Å².